The second-order valence-corrected chi connectivity index (χ2v) is 3.61. The predicted molar refractivity (Wildman–Crippen MR) is 59.1 cm³/mol. The van der Waals surface area contributed by atoms with E-state index in [9.17, 15) is 4.79 Å². The Labute approximate surface area is 101 Å². The zero-order valence-electron chi connectivity index (χ0n) is 8.55. The minimum Gasteiger partial charge on any atom is -0.487 e. The predicted octanol–water partition coefficient (Wildman–Crippen LogP) is 1.74. The van der Waals surface area contributed by atoms with E-state index < -0.39 is 5.97 Å². The highest BCUT2D eigenvalue weighted by Crippen LogP contribution is 2.18. The minimum absolute atomic E-state index is 0.0124. The molecule has 0 aliphatic carbocycles. The lowest BCUT2D eigenvalue weighted by Crippen LogP contribution is -2.05. The van der Waals surface area contributed by atoms with Crippen molar-refractivity contribution < 1.29 is 14.6 Å². The Morgan fingerprint density at radius 3 is 3.00 bits per heavy atom. The summed E-state index contributed by atoms with van der Waals surface area (Å²) < 4.78 is 5.35. The number of aromatic nitrogens is 3. The summed E-state index contributed by atoms with van der Waals surface area (Å²) in [6.45, 7) is 0.0124. The quantitative estimate of drug-likeness (QED) is 0.866. The number of halogens is 1. The topological polar surface area (TPSA) is 88.1 Å². The van der Waals surface area contributed by atoms with Gasteiger partial charge in [-0.2, -0.15) is 10.3 Å². The van der Waals surface area contributed by atoms with Crippen molar-refractivity contribution in [2.24, 2.45) is 0 Å². The van der Waals surface area contributed by atoms with E-state index in [2.05, 4.69) is 15.4 Å². The van der Waals surface area contributed by atoms with E-state index in [0.717, 1.165) is 0 Å². The Morgan fingerprint density at radius 1 is 1.47 bits per heavy atom. The number of benzene rings is 1. The molecule has 2 N–H and O–H groups in total. The van der Waals surface area contributed by atoms with Crippen LogP contribution in [-0.2, 0) is 6.61 Å². The Kier molecular flexibility index (Phi) is 3.24. The van der Waals surface area contributed by atoms with Crippen LogP contribution in [0, 0.1) is 0 Å². The van der Waals surface area contributed by atoms with Gasteiger partial charge < -0.3 is 9.84 Å². The van der Waals surface area contributed by atoms with Crippen molar-refractivity contribution in [3.05, 3.63) is 40.7 Å². The largest absolute Gasteiger partial charge is 0.487 e. The van der Waals surface area contributed by atoms with Gasteiger partial charge in [0.1, 0.15) is 18.1 Å². The minimum atomic E-state index is -1.15. The normalized spacial score (nSPS) is 10.2. The lowest BCUT2D eigenvalue weighted by atomic mass is 10.3. The van der Waals surface area contributed by atoms with E-state index in [1.165, 1.54) is 0 Å². The molecule has 0 amide bonds. The summed E-state index contributed by atoms with van der Waals surface area (Å²) in [5, 5.41) is 18.8. The standard InChI is InChI=1S/C10H8ClN3O3/c11-6-2-1-3-7(4-6)17-5-8-9(10(15)16)13-14-12-8/h1-4H,5H2,(H,15,16)(H,12,13,14). The lowest BCUT2D eigenvalue weighted by molar-refractivity contribution is 0.0687. The van der Waals surface area contributed by atoms with Gasteiger partial charge in [0, 0.05) is 5.02 Å². The molecule has 1 heterocycles. The van der Waals surface area contributed by atoms with Gasteiger partial charge in [-0.25, -0.2) is 4.79 Å². The summed E-state index contributed by atoms with van der Waals surface area (Å²) >= 11 is 5.78. The fraction of sp³-hybridized carbons (Fsp3) is 0.100. The first kappa shape index (κ1) is 11.4. The highest BCUT2D eigenvalue weighted by Gasteiger charge is 2.15. The lowest BCUT2D eigenvalue weighted by Gasteiger charge is -2.04. The number of H-pyrrole nitrogens is 1. The van der Waals surface area contributed by atoms with Crippen LogP contribution >= 0.6 is 11.6 Å². The molecule has 0 saturated heterocycles. The summed E-state index contributed by atoms with van der Waals surface area (Å²) in [7, 11) is 0. The average Bonchev–Trinajstić information content (AvgIpc) is 2.74. The van der Waals surface area contributed by atoms with E-state index in [-0.39, 0.29) is 18.0 Å². The molecule has 17 heavy (non-hydrogen) atoms. The molecular weight excluding hydrogens is 246 g/mol. The number of carboxylic acid groups (broad SMARTS) is 1. The van der Waals surface area contributed by atoms with Crippen molar-refractivity contribution in [2.45, 2.75) is 6.61 Å². The van der Waals surface area contributed by atoms with E-state index in [1.54, 1.807) is 24.3 Å². The van der Waals surface area contributed by atoms with Gasteiger partial charge in [-0.05, 0) is 18.2 Å². The van der Waals surface area contributed by atoms with Gasteiger partial charge in [-0.1, -0.05) is 17.7 Å². The molecule has 0 aliphatic rings. The molecule has 0 atom stereocenters. The van der Waals surface area contributed by atoms with Crippen molar-refractivity contribution in [2.75, 3.05) is 0 Å². The zero-order chi connectivity index (χ0) is 12.3. The highest BCUT2D eigenvalue weighted by molar-refractivity contribution is 6.30. The van der Waals surface area contributed by atoms with Crippen molar-refractivity contribution in [1.29, 1.82) is 0 Å². The smallest absolute Gasteiger partial charge is 0.358 e. The maximum absolute atomic E-state index is 10.7. The Hall–Kier alpha value is -2.08. The van der Waals surface area contributed by atoms with E-state index in [0.29, 0.717) is 10.8 Å². The second-order valence-electron chi connectivity index (χ2n) is 3.17. The molecule has 88 valence electrons. The van der Waals surface area contributed by atoms with E-state index in [4.69, 9.17) is 21.4 Å². The molecule has 2 aromatic rings. The number of ether oxygens (including phenoxy) is 1. The van der Waals surface area contributed by atoms with Crippen LogP contribution in [0.3, 0.4) is 0 Å². The zero-order valence-corrected chi connectivity index (χ0v) is 9.31. The number of aromatic amines is 1. The van der Waals surface area contributed by atoms with Crippen LogP contribution in [0.5, 0.6) is 5.75 Å². The molecule has 0 fully saturated rings. The number of aromatic carboxylic acids is 1. The van der Waals surface area contributed by atoms with Crippen LogP contribution in [0.15, 0.2) is 24.3 Å². The molecule has 7 heteroatoms. The fourth-order valence-electron chi connectivity index (χ4n) is 1.23. The average molecular weight is 254 g/mol. The second kappa shape index (κ2) is 4.84. The monoisotopic (exact) mass is 253 g/mol. The summed E-state index contributed by atoms with van der Waals surface area (Å²) in [6, 6.07) is 6.79. The SMILES string of the molecule is O=C(O)c1n[nH]nc1COc1cccc(Cl)c1. The Balaban J connectivity index is 2.07. The number of carboxylic acids is 1. The molecule has 1 aromatic carbocycles. The fourth-order valence-corrected chi connectivity index (χ4v) is 1.41. The first-order chi connectivity index (χ1) is 8.16. The number of nitrogens with zero attached hydrogens (tertiary/aromatic N) is 2. The summed E-state index contributed by atoms with van der Waals surface area (Å²) in [6.07, 6.45) is 0. The van der Waals surface area contributed by atoms with Crippen LogP contribution in [-0.4, -0.2) is 26.5 Å². The number of hydrogen-bond donors (Lipinski definition) is 2. The first-order valence-corrected chi connectivity index (χ1v) is 5.06. The number of carbonyl (C=O) groups is 1. The Morgan fingerprint density at radius 2 is 2.29 bits per heavy atom. The molecule has 0 saturated carbocycles. The number of rotatable bonds is 4. The van der Waals surface area contributed by atoms with Gasteiger partial charge in [0.25, 0.3) is 0 Å². The summed E-state index contributed by atoms with van der Waals surface area (Å²) in [5.41, 5.74) is 0.0875. The first-order valence-electron chi connectivity index (χ1n) is 4.68. The van der Waals surface area contributed by atoms with Crippen LogP contribution < -0.4 is 4.74 Å². The van der Waals surface area contributed by atoms with Crippen molar-refractivity contribution in [3.63, 3.8) is 0 Å². The number of hydrogen-bond acceptors (Lipinski definition) is 4. The molecule has 0 bridgehead atoms. The third-order valence-corrected chi connectivity index (χ3v) is 2.23. The van der Waals surface area contributed by atoms with Crippen molar-refractivity contribution in [1.82, 2.24) is 15.4 Å². The van der Waals surface area contributed by atoms with Gasteiger partial charge in [-0.15, -0.1) is 5.10 Å². The van der Waals surface area contributed by atoms with Crippen molar-refractivity contribution >= 4 is 17.6 Å². The molecule has 6 nitrogen and oxygen atoms in total. The molecule has 1 aromatic heterocycles. The van der Waals surface area contributed by atoms with Crippen LogP contribution in [0.4, 0.5) is 0 Å². The molecular formula is C10H8ClN3O3. The molecule has 0 unspecified atom stereocenters. The van der Waals surface area contributed by atoms with Gasteiger partial charge >= 0.3 is 5.97 Å². The van der Waals surface area contributed by atoms with Gasteiger partial charge in [-0.3, -0.25) is 0 Å². The third-order valence-electron chi connectivity index (χ3n) is 1.99. The molecule has 0 spiro atoms. The van der Waals surface area contributed by atoms with Gasteiger partial charge in [0.15, 0.2) is 5.69 Å². The van der Waals surface area contributed by atoms with Crippen LogP contribution in [0.1, 0.15) is 16.2 Å². The third kappa shape index (κ3) is 2.73. The summed E-state index contributed by atoms with van der Waals surface area (Å²) in [5.74, 6) is -0.611. The maximum Gasteiger partial charge on any atom is 0.358 e. The molecule has 0 aliphatic heterocycles. The number of nitrogens with one attached hydrogen (secondary N) is 1. The highest BCUT2D eigenvalue weighted by atomic mass is 35.5. The van der Waals surface area contributed by atoms with E-state index in [1.807, 2.05) is 0 Å². The molecule has 0 radical (unpaired) electrons. The Bertz CT molecular complexity index is 541. The van der Waals surface area contributed by atoms with E-state index >= 15 is 0 Å². The maximum atomic E-state index is 10.7. The van der Waals surface area contributed by atoms with Gasteiger partial charge in [0.05, 0.1) is 0 Å². The van der Waals surface area contributed by atoms with Crippen molar-refractivity contribution in [3.8, 4) is 5.75 Å². The molecule has 2 rings (SSSR count). The summed E-state index contributed by atoms with van der Waals surface area (Å²) in [4.78, 5) is 10.7. The van der Waals surface area contributed by atoms with Crippen LogP contribution in [0.25, 0.3) is 0 Å². The van der Waals surface area contributed by atoms with Crippen LogP contribution in [0.2, 0.25) is 5.02 Å². The van der Waals surface area contributed by atoms with Gasteiger partial charge in [0.2, 0.25) is 0 Å².